The van der Waals surface area contributed by atoms with Gasteiger partial charge < -0.3 is 10.6 Å². The molecule has 2 amide bonds. The standard InChI is InChI=1S/C24H30N2O2S/c1-17-12-13-21(18(2)14-17)26-24(28)20-10-6-7-11-22(20)29-16-23(27)25-15-19-8-4-3-5-9-19/h6-7,10-14,19H,3-5,8-9,15-16H2,1-2H3,(H,25,27)(H,26,28). The van der Waals surface area contributed by atoms with Crippen LogP contribution in [0.2, 0.25) is 0 Å². The zero-order chi connectivity index (χ0) is 20.6. The smallest absolute Gasteiger partial charge is 0.256 e. The van der Waals surface area contributed by atoms with Gasteiger partial charge in [-0.1, -0.05) is 49.1 Å². The number of carbonyl (C=O) groups excluding carboxylic acids is 2. The Labute approximate surface area is 177 Å². The maximum atomic E-state index is 12.8. The van der Waals surface area contributed by atoms with Crippen LogP contribution in [0.3, 0.4) is 0 Å². The van der Waals surface area contributed by atoms with E-state index in [9.17, 15) is 9.59 Å². The Morgan fingerprint density at radius 1 is 1.03 bits per heavy atom. The van der Waals surface area contributed by atoms with Gasteiger partial charge in [0.2, 0.25) is 5.91 Å². The number of amides is 2. The zero-order valence-electron chi connectivity index (χ0n) is 17.3. The van der Waals surface area contributed by atoms with Crippen molar-refractivity contribution in [2.75, 3.05) is 17.6 Å². The maximum Gasteiger partial charge on any atom is 0.256 e. The van der Waals surface area contributed by atoms with Crippen LogP contribution in [0.15, 0.2) is 47.4 Å². The molecule has 5 heteroatoms. The minimum absolute atomic E-state index is 0.0326. The molecule has 1 aliphatic rings. The molecule has 154 valence electrons. The summed E-state index contributed by atoms with van der Waals surface area (Å²) in [5.74, 6) is 0.821. The van der Waals surface area contributed by atoms with E-state index in [1.54, 1.807) is 6.07 Å². The molecule has 2 N–H and O–H groups in total. The van der Waals surface area contributed by atoms with Crippen LogP contribution >= 0.6 is 11.8 Å². The van der Waals surface area contributed by atoms with Crippen molar-refractivity contribution in [2.24, 2.45) is 5.92 Å². The molecule has 29 heavy (non-hydrogen) atoms. The molecule has 4 nitrogen and oxygen atoms in total. The Morgan fingerprint density at radius 2 is 1.79 bits per heavy atom. The van der Waals surface area contributed by atoms with Gasteiger partial charge in [-0.3, -0.25) is 9.59 Å². The van der Waals surface area contributed by atoms with Crippen molar-refractivity contribution in [3.63, 3.8) is 0 Å². The van der Waals surface area contributed by atoms with Crippen LogP contribution in [0, 0.1) is 19.8 Å². The van der Waals surface area contributed by atoms with E-state index in [-0.39, 0.29) is 11.8 Å². The summed E-state index contributed by atoms with van der Waals surface area (Å²) in [5.41, 5.74) is 3.60. The Hall–Kier alpha value is -2.27. The lowest BCUT2D eigenvalue weighted by Crippen LogP contribution is -2.31. The molecule has 2 aromatic carbocycles. The molecule has 3 rings (SSSR count). The summed E-state index contributed by atoms with van der Waals surface area (Å²) in [7, 11) is 0. The van der Waals surface area contributed by atoms with E-state index in [1.165, 1.54) is 43.9 Å². The molecule has 1 aliphatic carbocycles. The quantitative estimate of drug-likeness (QED) is 0.606. The van der Waals surface area contributed by atoms with Crippen LogP contribution in [-0.2, 0) is 4.79 Å². The molecular weight excluding hydrogens is 380 g/mol. The minimum atomic E-state index is -0.150. The molecule has 0 radical (unpaired) electrons. The first-order chi connectivity index (χ1) is 14.0. The molecule has 0 heterocycles. The van der Waals surface area contributed by atoms with Crippen molar-refractivity contribution in [1.82, 2.24) is 5.32 Å². The zero-order valence-corrected chi connectivity index (χ0v) is 18.1. The highest BCUT2D eigenvalue weighted by Crippen LogP contribution is 2.25. The van der Waals surface area contributed by atoms with Crippen molar-refractivity contribution < 1.29 is 9.59 Å². The van der Waals surface area contributed by atoms with Crippen molar-refractivity contribution in [1.29, 1.82) is 0 Å². The van der Waals surface area contributed by atoms with Crippen LogP contribution in [0.5, 0.6) is 0 Å². The lowest BCUT2D eigenvalue weighted by Gasteiger charge is -2.21. The molecular formula is C24H30N2O2S. The fraction of sp³-hybridized carbons (Fsp3) is 0.417. The van der Waals surface area contributed by atoms with E-state index < -0.39 is 0 Å². The van der Waals surface area contributed by atoms with Crippen LogP contribution in [0.4, 0.5) is 5.69 Å². The van der Waals surface area contributed by atoms with Gasteiger partial charge in [0.1, 0.15) is 0 Å². The van der Waals surface area contributed by atoms with Crippen molar-refractivity contribution in [3.8, 4) is 0 Å². The summed E-state index contributed by atoms with van der Waals surface area (Å²) in [4.78, 5) is 25.9. The second-order valence-corrected chi connectivity index (χ2v) is 8.88. The third-order valence-electron chi connectivity index (χ3n) is 5.43. The highest BCUT2D eigenvalue weighted by Gasteiger charge is 2.16. The van der Waals surface area contributed by atoms with Crippen molar-refractivity contribution in [3.05, 3.63) is 59.2 Å². The molecule has 1 saturated carbocycles. The summed E-state index contributed by atoms with van der Waals surface area (Å²) < 4.78 is 0. The van der Waals surface area contributed by atoms with E-state index in [1.807, 2.05) is 50.2 Å². The van der Waals surface area contributed by atoms with Crippen LogP contribution in [0.25, 0.3) is 0 Å². The SMILES string of the molecule is Cc1ccc(NC(=O)c2ccccc2SCC(=O)NCC2CCCCC2)c(C)c1. The fourth-order valence-electron chi connectivity index (χ4n) is 3.77. The minimum Gasteiger partial charge on any atom is -0.355 e. The third kappa shape index (κ3) is 6.36. The van der Waals surface area contributed by atoms with Gasteiger partial charge in [0.05, 0.1) is 11.3 Å². The largest absolute Gasteiger partial charge is 0.355 e. The van der Waals surface area contributed by atoms with Crippen molar-refractivity contribution >= 4 is 29.3 Å². The van der Waals surface area contributed by atoms with E-state index in [0.717, 1.165) is 28.3 Å². The third-order valence-corrected chi connectivity index (χ3v) is 6.51. The maximum absolute atomic E-state index is 12.8. The second kappa shape index (κ2) is 10.5. The van der Waals surface area contributed by atoms with Crippen LogP contribution in [0.1, 0.15) is 53.6 Å². The predicted molar refractivity (Wildman–Crippen MR) is 121 cm³/mol. The molecule has 0 atom stereocenters. The Balaban J connectivity index is 1.56. The number of hydrogen-bond donors (Lipinski definition) is 2. The fourth-order valence-corrected chi connectivity index (χ4v) is 4.65. The Kier molecular flexibility index (Phi) is 7.76. The molecule has 0 spiro atoms. The molecule has 0 saturated heterocycles. The van der Waals surface area contributed by atoms with Gasteiger partial charge in [-0.2, -0.15) is 0 Å². The van der Waals surface area contributed by atoms with E-state index >= 15 is 0 Å². The summed E-state index contributed by atoms with van der Waals surface area (Å²) in [5, 5.41) is 6.06. The van der Waals surface area contributed by atoms with E-state index in [2.05, 4.69) is 10.6 Å². The van der Waals surface area contributed by atoms with E-state index in [0.29, 0.717) is 17.2 Å². The molecule has 0 aromatic heterocycles. The van der Waals surface area contributed by atoms with Gasteiger partial charge in [0.25, 0.3) is 5.91 Å². The number of nitrogens with one attached hydrogen (secondary N) is 2. The monoisotopic (exact) mass is 410 g/mol. The lowest BCUT2D eigenvalue weighted by atomic mass is 9.89. The second-order valence-electron chi connectivity index (χ2n) is 7.87. The van der Waals surface area contributed by atoms with Gasteiger partial charge in [0.15, 0.2) is 0 Å². The highest BCUT2D eigenvalue weighted by molar-refractivity contribution is 8.00. The van der Waals surface area contributed by atoms with Gasteiger partial charge in [-0.25, -0.2) is 0 Å². The topological polar surface area (TPSA) is 58.2 Å². The van der Waals surface area contributed by atoms with Gasteiger partial charge >= 0.3 is 0 Å². The number of thioether (sulfide) groups is 1. The van der Waals surface area contributed by atoms with Crippen LogP contribution in [-0.4, -0.2) is 24.1 Å². The summed E-state index contributed by atoms with van der Waals surface area (Å²) in [6.07, 6.45) is 6.31. The number of rotatable bonds is 7. The molecule has 0 unspecified atom stereocenters. The molecule has 1 fully saturated rings. The Bertz CT molecular complexity index is 860. The van der Waals surface area contributed by atoms with Gasteiger partial charge in [-0.15, -0.1) is 11.8 Å². The molecule has 0 bridgehead atoms. The number of anilines is 1. The van der Waals surface area contributed by atoms with Crippen LogP contribution < -0.4 is 10.6 Å². The number of hydrogen-bond acceptors (Lipinski definition) is 3. The number of aryl methyl sites for hydroxylation is 2. The summed E-state index contributed by atoms with van der Waals surface area (Å²) >= 11 is 1.41. The molecule has 2 aromatic rings. The first-order valence-corrected chi connectivity index (χ1v) is 11.4. The number of benzene rings is 2. The first-order valence-electron chi connectivity index (χ1n) is 10.4. The predicted octanol–water partition coefficient (Wildman–Crippen LogP) is 5.34. The highest BCUT2D eigenvalue weighted by atomic mass is 32.2. The van der Waals surface area contributed by atoms with Gasteiger partial charge in [0, 0.05) is 17.1 Å². The molecule has 0 aliphatic heterocycles. The average Bonchev–Trinajstić information content (AvgIpc) is 2.73. The van der Waals surface area contributed by atoms with Gasteiger partial charge in [-0.05, 0) is 56.4 Å². The van der Waals surface area contributed by atoms with Crippen molar-refractivity contribution in [2.45, 2.75) is 50.8 Å². The normalized spacial score (nSPS) is 14.4. The Morgan fingerprint density at radius 3 is 2.55 bits per heavy atom. The summed E-state index contributed by atoms with van der Waals surface area (Å²) in [6, 6.07) is 13.4. The first kappa shape index (κ1) is 21.4. The average molecular weight is 411 g/mol. The number of carbonyl (C=O) groups is 2. The van der Waals surface area contributed by atoms with E-state index in [4.69, 9.17) is 0 Å². The summed E-state index contributed by atoms with van der Waals surface area (Å²) in [6.45, 7) is 4.79. The lowest BCUT2D eigenvalue weighted by molar-refractivity contribution is -0.118.